The highest BCUT2D eigenvalue weighted by Gasteiger charge is 2.10. The number of hydrogen-bond donors (Lipinski definition) is 2. The quantitative estimate of drug-likeness (QED) is 0.843. The molecule has 0 fully saturated rings. The van der Waals surface area contributed by atoms with Crippen LogP contribution in [0.4, 0.5) is 10.5 Å². The first-order chi connectivity index (χ1) is 10.2. The Morgan fingerprint density at radius 3 is 2.33 bits per heavy atom. The van der Waals surface area contributed by atoms with Gasteiger partial charge in [0.2, 0.25) is 0 Å². The second-order valence-corrected chi connectivity index (χ2v) is 5.22. The lowest BCUT2D eigenvalue weighted by molar-refractivity contribution is 0.251. The normalized spacial score (nSPS) is 11.7. The number of carbonyl (C=O) groups excluding carboxylic acids is 1. The Hall–Kier alpha value is -2.29. The first-order valence-corrected chi connectivity index (χ1v) is 7.35. The number of amides is 2. The van der Waals surface area contributed by atoms with E-state index in [2.05, 4.69) is 29.7 Å². The van der Waals surface area contributed by atoms with Crippen molar-refractivity contribution in [2.24, 2.45) is 0 Å². The van der Waals surface area contributed by atoms with Gasteiger partial charge in [0, 0.05) is 18.2 Å². The van der Waals surface area contributed by atoms with E-state index in [1.807, 2.05) is 49.4 Å². The van der Waals surface area contributed by atoms with Gasteiger partial charge in [0.25, 0.3) is 0 Å². The van der Waals surface area contributed by atoms with Crippen LogP contribution in [0.15, 0.2) is 54.6 Å². The number of carbonyl (C=O) groups is 1. The van der Waals surface area contributed by atoms with Crippen molar-refractivity contribution in [3.63, 3.8) is 0 Å². The molecule has 3 heteroatoms. The topological polar surface area (TPSA) is 41.1 Å². The standard InChI is InChI=1S/C18H22N2O/c1-3-15(16-7-5-4-6-8-16)13-19-18(21)20-17-11-9-14(2)10-12-17/h4-12,15H,3,13H2,1-2H3,(H2,19,20,21)/t15-/m1/s1. The Balaban J connectivity index is 1.86. The molecule has 0 unspecified atom stereocenters. The summed E-state index contributed by atoms with van der Waals surface area (Å²) >= 11 is 0. The number of rotatable bonds is 5. The van der Waals surface area contributed by atoms with Gasteiger partial charge in [-0.2, -0.15) is 0 Å². The molecule has 21 heavy (non-hydrogen) atoms. The van der Waals surface area contributed by atoms with Crippen molar-refractivity contribution in [1.82, 2.24) is 5.32 Å². The van der Waals surface area contributed by atoms with Crippen LogP contribution in [0.1, 0.15) is 30.4 Å². The molecule has 0 heterocycles. The van der Waals surface area contributed by atoms with E-state index >= 15 is 0 Å². The number of aryl methyl sites for hydroxylation is 1. The molecular formula is C18H22N2O. The minimum atomic E-state index is -0.159. The van der Waals surface area contributed by atoms with E-state index in [-0.39, 0.29) is 6.03 Å². The van der Waals surface area contributed by atoms with E-state index in [0.717, 1.165) is 12.1 Å². The van der Waals surface area contributed by atoms with Gasteiger partial charge in [-0.3, -0.25) is 0 Å². The summed E-state index contributed by atoms with van der Waals surface area (Å²) in [7, 11) is 0. The lowest BCUT2D eigenvalue weighted by Gasteiger charge is -2.16. The molecule has 2 N–H and O–H groups in total. The van der Waals surface area contributed by atoms with Gasteiger partial charge in [0.05, 0.1) is 0 Å². The zero-order valence-corrected chi connectivity index (χ0v) is 12.6. The van der Waals surface area contributed by atoms with E-state index in [0.29, 0.717) is 12.5 Å². The second kappa shape index (κ2) is 7.48. The van der Waals surface area contributed by atoms with Gasteiger partial charge < -0.3 is 10.6 Å². The molecule has 0 aromatic heterocycles. The van der Waals surface area contributed by atoms with Crippen molar-refractivity contribution >= 4 is 11.7 Å². The van der Waals surface area contributed by atoms with E-state index in [1.165, 1.54) is 11.1 Å². The Morgan fingerprint density at radius 2 is 1.71 bits per heavy atom. The molecule has 2 rings (SSSR count). The zero-order valence-electron chi connectivity index (χ0n) is 12.6. The molecule has 0 spiro atoms. The number of urea groups is 1. The summed E-state index contributed by atoms with van der Waals surface area (Å²) in [5.41, 5.74) is 3.25. The number of hydrogen-bond acceptors (Lipinski definition) is 1. The predicted molar refractivity (Wildman–Crippen MR) is 87.7 cm³/mol. The number of nitrogens with one attached hydrogen (secondary N) is 2. The fourth-order valence-electron chi connectivity index (χ4n) is 2.25. The molecule has 0 bridgehead atoms. The molecule has 2 amide bonds. The van der Waals surface area contributed by atoms with E-state index < -0.39 is 0 Å². The minimum absolute atomic E-state index is 0.159. The highest BCUT2D eigenvalue weighted by molar-refractivity contribution is 5.89. The molecule has 0 aliphatic rings. The number of benzene rings is 2. The Morgan fingerprint density at radius 1 is 1.05 bits per heavy atom. The average Bonchev–Trinajstić information content (AvgIpc) is 2.51. The second-order valence-electron chi connectivity index (χ2n) is 5.22. The minimum Gasteiger partial charge on any atom is -0.337 e. The van der Waals surface area contributed by atoms with Crippen LogP contribution in [0.5, 0.6) is 0 Å². The van der Waals surface area contributed by atoms with Crippen LogP contribution in [-0.2, 0) is 0 Å². The van der Waals surface area contributed by atoms with Crippen LogP contribution < -0.4 is 10.6 Å². The van der Waals surface area contributed by atoms with Crippen LogP contribution in [-0.4, -0.2) is 12.6 Å². The van der Waals surface area contributed by atoms with Gasteiger partial charge >= 0.3 is 6.03 Å². The van der Waals surface area contributed by atoms with Crippen molar-refractivity contribution in [3.05, 3.63) is 65.7 Å². The highest BCUT2D eigenvalue weighted by Crippen LogP contribution is 2.18. The van der Waals surface area contributed by atoms with Crippen LogP contribution in [0.2, 0.25) is 0 Å². The fourth-order valence-corrected chi connectivity index (χ4v) is 2.25. The van der Waals surface area contributed by atoms with Crippen molar-refractivity contribution < 1.29 is 4.79 Å². The Bertz CT molecular complexity index is 564. The monoisotopic (exact) mass is 282 g/mol. The maximum atomic E-state index is 11.9. The SMILES string of the molecule is CC[C@H](CNC(=O)Nc1ccc(C)cc1)c1ccccc1. The lowest BCUT2D eigenvalue weighted by Crippen LogP contribution is -2.32. The average molecular weight is 282 g/mol. The van der Waals surface area contributed by atoms with Crippen molar-refractivity contribution in [2.75, 3.05) is 11.9 Å². The summed E-state index contributed by atoms with van der Waals surface area (Å²) in [6.07, 6.45) is 0.995. The lowest BCUT2D eigenvalue weighted by atomic mass is 9.97. The molecule has 2 aromatic rings. The largest absolute Gasteiger partial charge is 0.337 e. The molecule has 3 nitrogen and oxygen atoms in total. The predicted octanol–water partition coefficient (Wildman–Crippen LogP) is 4.31. The third-order valence-corrected chi connectivity index (χ3v) is 3.58. The zero-order chi connectivity index (χ0) is 15.1. The van der Waals surface area contributed by atoms with Gasteiger partial charge in [-0.15, -0.1) is 0 Å². The summed E-state index contributed by atoms with van der Waals surface area (Å²) in [5, 5.41) is 5.80. The van der Waals surface area contributed by atoms with Crippen LogP contribution in [0.25, 0.3) is 0 Å². The molecule has 2 aromatic carbocycles. The summed E-state index contributed by atoms with van der Waals surface area (Å²) in [6.45, 7) is 4.80. The van der Waals surface area contributed by atoms with E-state index in [1.54, 1.807) is 0 Å². The van der Waals surface area contributed by atoms with Crippen LogP contribution >= 0.6 is 0 Å². The van der Waals surface area contributed by atoms with Gasteiger partial charge in [-0.25, -0.2) is 4.79 Å². The van der Waals surface area contributed by atoms with Gasteiger partial charge in [-0.1, -0.05) is 55.0 Å². The molecular weight excluding hydrogens is 260 g/mol. The summed E-state index contributed by atoms with van der Waals surface area (Å²) < 4.78 is 0. The molecule has 1 atom stereocenters. The molecule has 110 valence electrons. The molecule has 0 radical (unpaired) electrons. The molecule has 0 saturated carbocycles. The maximum absolute atomic E-state index is 11.9. The Kier molecular flexibility index (Phi) is 5.38. The molecule has 0 aliphatic carbocycles. The van der Waals surface area contributed by atoms with E-state index in [9.17, 15) is 4.79 Å². The van der Waals surface area contributed by atoms with Crippen molar-refractivity contribution in [2.45, 2.75) is 26.2 Å². The summed E-state index contributed by atoms with van der Waals surface area (Å²) in [5.74, 6) is 0.343. The van der Waals surface area contributed by atoms with Gasteiger partial charge in [0.1, 0.15) is 0 Å². The smallest absolute Gasteiger partial charge is 0.319 e. The fraction of sp³-hybridized carbons (Fsp3) is 0.278. The summed E-state index contributed by atoms with van der Waals surface area (Å²) in [6, 6.07) is 17.9. The van der Waals surface area contributed by atoms with Crippen LogP contribution in [0, 0.1) is 6.92 Å². The number of anilines is 1. The highest BCUT2D eigenvalue weighted by atomic mass is 16.2. The van der Waals surface area contributed by atoms with Gasteiger partial charge in [-0.05, 0) is 31.0 Å². The molecule has 0 saturated heterocycles. The Labute approximate surface area is 126 Å². The van der Waals surface area contributed by atoms with Crippen LogP contribution in [0.3, 0.4) is 0 Å². The third-order valence-electron chi connectivity index (χ3n) is 3.58. The maximum Gasteiger partial charge on any atom is 0.319 e. The van der Waals surface area contributed by atoms with Crippen molar-refractivity contribution in [3.8, 4) is 0 Å². The third kappa shape index (κ3) is 4.63. The molecule has 0 aliphatic heterocycles. The first-order valence-electron chi connectivity index (χ1n) is 7.35. The first kappa shape index (κ1) is 15.1. The van der Waals surface area contributed by atoms with E-state index in [4.69, 9.17) is 0 Å². The summed E-state index contributed by atoms with van der Waals surface area (Å²) in [4.78, 5) is 11.9. The van der Waals surface area contributed by atoms with Gasteiger partial charge in [0.15, 0.2) is 0 Å². The van der Waals surface area contributed by atoms with Crippen molar-refractivity contribution in [1.29, 1.82) is 0 Å².